The quantitative estimate of drug-likeness (QED) is 0.879. The zero-order chi connectivity index (χ0) is 15.7. The summed E-state index contributed by atoms with van der Waals surface area (Å²) >= 11 is 0. The molecule has 0 saturated carbocycles. The molecule has 0 bridgehead atoms. The summed E-state index contributed by atoms with van der Waals surface area (Å²) in [6.07, 6.45) is 3.79. The number of fused-ring (bicyclic) bond motifs is 1. The van der Waals surface area contributed by atoms with Gasteiger partial charge in [0.2, 0.25) is 0 Å². The number of imidazole rings is 1. The van der Waals surface area contributed by atoms with Gasteiger partial charge in [0.25, 0.3) is 5.91 Å². The molecule has 0 aliphatic carbocycles. The van der Waals surface area contributed by atoms with E-state index in [9.17, 15) is 9.59 Å². The highest BCUT2D eigenvalue weighted by molar-refractivity contribution is 5.93. The number of carboxylic acids is 1. The van der Waals surface area contributed by atoms with E-state index in [4.69, 9.17) is 9.84 Å². The minimum atomic E-state index is -0.962. The van der Waals surface area contributed by atoms with Gasteiger partial charge in [0.15, 0.2) is 0 Å². The maximum Gasteiger partial charge on any atom is 0.305 e. The molecule has 7 nitrogen and oxygen atoms in total. The van der Waals surface area contributed by atoms with Gasteiger partial charge in [-0.05, 0) is 31.0 Å². The predicted octanol–water partition coefficient (Wildman–Crippen LogP) is 1.01. The van der Waals surface area contributed by atoms with E-state index in [0.29, 0.717) is 18.7 Å². The number of aromatic nitrogens is 2. The summed E-state index contributed by atoms with van der Waals surface area (Å²) in [6.45, 7) is 2.60. The maximum absolute atomic E-state index is 12.4. The second kappa shape index (κ2) is 5.42. The third kappa shape index (κ3) is 2.80. The molecule has 2 aromatic heterocycles. The van der Waals surface area contributed by atoms with Crippen LogP contribution < -0.4 is 5.32 Å². The lowest BCUT2D eigenvalue weighted by Gasteiger charge is -2.26. The number of hydrogen-bond donors (Lipinski definition) is 2. The Bertz CT molecular complexity index is 731. The molecular formula is C15H17N3O4. The van der Waals surface area contributed by atoms with Crippen LogP contribution >= 0.6 is 0 Å². The second-order valence-corrected chi connectivity index (χ2v) is 5.70. The highest BCUT2D eigenvalue weighted by atomic mass is 16.5. The normalized spacial score (nSPS) is 21.1. The number of carboxylic acid groups (broad SMARTS) is 1. The van der Waals surface area contributed by atoms with Gasteiger partial charge in [0.05, 0.1) is 18.6 Å². The summed E-state index contributed by atoms with van der Waals surface area (Å²) in [7, 11) is 0. The van der Waals surface area contributed by atoms with E-state index in [1.54, 1.807) is 10.6 Å². The van der Waals surface area contributed by atoms with Crippen molar-refractivity contribution < 1.29 is 19.4 Å². The molecule has 1 fully saturated rings. The Labute approximate surface area is 126 Å². The Morgan fingerprint density at radius 2 is 2.36 bits per heavy atom. The second-order valence-electron chi connectivity index (χ2n) is 5.70. The van der Waals surface area contributed by atoms with Gasteiger partial charge in [-0.1, -0.05) is 0 Å². The summed E-state index contributed by atoms with van der Waals surface area (Å²) in [4.78, 5) is 27.7. The Morgan fingerprint density at radius 1 is 1.55 bits per heavy atom. The fourth-order valence-corrected chi connectivity index (χ4v) is 2.68. The van der Waals surface area contributed by atoms with E-state index >= 15 is 0 Å². The van der Waals surface area contributed by atoms with Crippen LogP contribution in [0, 0.1) is 6.92 Å². The standard InChI is InChI=1S/C15H17N3O4/c1-10-2-4-18-8-11(16-12(18)6-10)14(21)17-15(7-13(19)20)3-5-22-9-15/h2,4,6,8H,3,5,7,9H2,1H3,(H,17,21)(H,19,20). The molecule has 2 N–H and O–H groups in total. The van der Waals surface area contributed by atoms with Gasteiger partial charge in [-0.25, -0.2) is 4.98 Å². The van der Waals surface area contributed by atoms with E-state index in [1.807, 2.05) is 25.3 Å². The van der Waals surface area contributed by atoms with Gasteiger partial charge in [-0.3, -0.25) is 9.59 Å². The molecule has 2 aromatic rings. The molecular weight excluding hydrogens is 286 g/mol. The zero-order valence-electron chi connectivity index (χ0n) is 12.2. The van der Waals surface area contributed by atoms with Crippen molar-refractivity contribution in [2.24, 2.45) is 0 Å². The van der Waals surface area contributed by atoms with Gasteiger partial charge in [0.1, 0.15) is 11.3 Å². The van der Waals surface area contributed by atoms with Crippen LogP contribution in [-0.2, 0) is 9.53 Å². The van der Waals surface area contributed by atoms with E-state index in [2.05, 4.69) is 10.3 Å². The van der Waals surface area contributed by atoms with Crippen molar-refractivity contribution >= 4 is 17.5 Å². The van der Waals surface area contributed by atoms with E-state index in [0.717, 1.165) is 5.56 Å². The van der Waals surface area contributed by atoms with Crippen molar-refractivity contribution in [2.45, 2.75) is 25.3 Å². The predicted molar refractivity (Wildman–Crippen MR) is 77.8 cm³/mol. The average Bonchev–Trinajstić information content (AvgIpc) is 3.04. The van der Waals surface area contributed by atoms with Crippen molar-refractivity contribution in [3.8, 4) is 0 Å². The summed E-state index contributed by atoms with van der Waals surface area (Å²) in [5, 5.41) is 11.8. The number of rotatable bonds is 4. The minimum Gasteiger partial charge on any atom is -0.481 e. The number of ether oxygens (including phenoxy) is 1. The van der Waals surface area contributed by atoms with E-state index < -0.39 is 11.5 Å². The fourth-order valence-electron chi connectivity index (χ4n) is 2.68. The number of amides is 1. The van der Waals surface area contributed by atoms with Crippen LogP contribution in [0.3, 0.4) is 0 Å². The van der Waals surface area contributed by atoms with Crippen LogP contribution in [-0.4, -0.2) is 45.1 Å². The van der Waals surface area contributed by atoms with Crippen molar-refractivity contribution in [3.05, 3.63) is 35.8 Å². The number of carbonyl (C=O) groups is 2. The van der Waals surface area contributed by atoms with Crippen LogP contribution in [0.4, 0.5) is 0 Å². The first-order valence-corrected chi connectivity index (χ1v) is 7.05. The zero-order valence-corrected chi connectivity index (χ0v) is 12.2. The highest BCUT2D eigenvalue weighted by Crippen LogP contribution is 2.23. The molecule has 0 radical (unpaired) electrons. The van der Waals surface area contributed by atoms with Crippen LogP contribution in [0.1, 0.15) is 28.9 Å². The maximum atomic E-state index is 12.4. The van der Waals surface area contributed by atoms with Crippen LogP contribution in [0.25, 0.3) is 5.65 Å². The third-order valence-corrected chi connectivity index (χ3v) is 3.82. The molecule has 0 aromatic carbocycles. The van der Waals surface area contributed by atoms with Crippen LogP contribution in [0.5, 0.6) is 0 Å². The number of aliphatic carboxylic acids is 1. The summed E-state index contributed by atoms with van der Waals surface area (Å²) in [5.74, 6) is -1.34. The highest BCUT2D eigenvalue weighted by Gasteiger charge is 2.39. The smallest absolute Gasteiger partial charge is 0.305 e. The van der Waals surface area contributed by atoms with Crippen molar-refractivity contribution in [1.29, 1.82) is 0 Å². The third-order valence-electron chi connectivity index (χ3n) is 3.82. The molecule has 1 aliphatic rings. The molecule has 1 atom stereocenters. The van der Waals surface area contributed by atoms with Crippen molar-refractivity contribution in [1.82, 2.24) is 14.7 Å². The van der Waals surface area contributed by atoms with E-state index in [1.165, 1.54) is 0 Å². The molecule has 7 heteroatoms. The van der Waals surface area contributed by atoms with Crippen LogP contribution in [0.15, 0.2) is 24.5 Å². The van der Waals surface area contributed by atoms with Crippen molar-refractivity contribution in [2.75, 3.05) is 13.2 Å². The lowest BCUT2D eigenvalue weighted by Crippen LogP contribution is -2.50. The Kier molecular flexibility index (Phi) is 3.58. The lowest BCUT2D eigenvalue weighted by atomic mass is 9.94. The summed E-state index contributed by atoms with van der Waals surface area (Å²) in [6, 6.07) is 3.80. The molecule has 3 rings (SSSR count). The van der Waals surface area contributed by atoms with E-state index in [-0.39, 0.29) is 24.6 Å². The topological polar surface area (TPSA) is 92.9 Å². The fraction of sp³-hybridized carbons (Fsp3) is 0.400. The van der Waals surface area contributed by atoms with Gasteiger partial charge >= 0.3 is 5.97 Å². The molecule has 1 saturated heterocycles. The monoisotopic (exact) mass is 303 g/mol. The minimum absolute atomic E-state index is 0.161. The molecule has 0 spiro atoms. The Hall–Kier alpha value is -2.41. The average molecular weight is 303 g/mol. The molecule has 3 heterocycles. The Balaban J connectivity index is 1.83. The van der Waals surface area contributed by atoms with Gasteiger partial charge in [-0.15, -0.1) is 0 Å². The van der Waals surface area contributed by atoms with Gasteiger partial charge in [-0.2, -0.15) is 0 Å². The first-order chi connectivity index (χ1) is 10.5. The molecule has 1 unspecified atom stereocenters. The number of pyridine rings is 1. The van der Waals surface area contributed by atoms with Gasteiger partial charge in [0, 0.05) is 19.0 Å². The SMILES string of the molecule is Cc1ccn2cc(C(=O)NC3(CC(=O)O)CCOC3)nc2c1. The van der Waals surface area contributed by atoms with Crippen LogP contribution in [0.2, 0.25) is 0 Å². The largest absolute Gasteiger partial charge is 0.481 e. The summed E-state index contributed by atoms with van der Waals surface area (Å²) < 4.78 is 7.03. The number of nitrogens with zero attached hydrogens (tertiary/aromatic N) is 2. The number of aryl methyl sites for hydroxylation is 1. The molecule has 116 valence electrons. The molecule has 1 amide bonds. The number of hydrogen-bond acceptors (Lipinski definition) is 4. The Morgan fingerprint density at radius 3 is 3.05 bits per heavy atom. The molecule has 1 aliphatic heterocycles. The number of carbonyl (C=O) groups excluding carboxylic acids is 1. The molecule has 22 heavy (non-hydrogen) atoms. The first-order valence-electron chi connectivity index (χ1n) is 7.05. The van der Waals surface area contributed by atoms with Crippen molar-refractivity contribution in [3.63, 3.8) is 0 Å². The lowest BCUT2D eigenvalue weighted by molar-refractivity contribution is -0.138. The van der Waals surface area contributed by atoms with Gasteiger partial charge < -0.3 is 19.6 Å². The first kappa shape index (κ1) is 14.5. The summed E-state index contributed by atoms with van der Waals surface area (Å²) in [5.41, 5.74) is 1.15. The number of nitrogens with one attached hydrogen (secondary N) is 1.